The Morgan fingerprint density at radius 3 is 1.57 bits per heavy atom. The Morgan fingerprint density at radius 2 is 1.14 bits per heavy atom. The van der Waals surface area contributed by atoms with Crippen molar-refractivity contribution in [3.8, 4) is 0 Å². The van der Waals surface area contributed by atoms with Crippen molar-refractivity contribution in [3.05, 3.63) is 22.5 Å². The van der Waals surface area contributed by atoms with E-state index < -0.39 is 0 Å². The van der Waals surface area contributed by atoms with Crippen molar-refractivity contribution >= 4 is 11.8 Å². The number of esters is 1. The molecule has 0 aliphatic heterocycles. The number of hydrogen-bond acceptors (Lipinski definition) is 3. The largest absolute Gasteiger partial charge is 0.469 e. The van der Waals surface area contributed by atoms with Crippen molar-refractivity contribution < 1.29 is 14.3 Å². The van der Waals surface area contributed by atoms with E-state index in [1.54, 1.807) is 0 Å². The highest BCUT2D eigenvalue weighted by Gasteiger charge is 2.23. The highest BCUT2D eigenvalue weighted by Crippen LogP contribution is 2.27. The number of ketones is 1. The molecule has 0 unspecified atom stereocenters. The Kier molecular flexibility index (Phi) is 17.6. The maximum Gasteiger partial charge on any atom is 0.305 e. The summed E-state index contributed by atoms with van der Waals surface area (Å²) in [5.41, 5.74) is 4.31. The van der Waals surface area contributed by atoms with Gasteiger partial charge in [0.1, 0.15) is 0 Å². The molecule has 4 nitrogen and oxygen atoms in total. The summed E-state index contributed by atoms with van der Waals surface area (Å²) in [4.78, 5) is 24.9. The Hall–Kier alpha value is -1.58. The van der Waals surface area contributed by atoms with Gasteiger partial charge in [-0.3, -0.25) is 9.59 Å². The number of methoxy groups -OCH3 is 1. The van der Waals surface area contributed by atoms with Gasteiger partial charge in [-0.2, -0.15) is 0 Å². The summed E-state index contributed by atoms with van der Waals surface area (Å²) in [6.45, 7) is 6.51. The predicted molar refractivity (Wildman–Crippen MR) is 148 cm³/mol. The maximum atomic E-state index is 13.2. The van der Waals surface area contributed by atoms with Gasteiger partial charge < -0.3 is 9.30 Å². The molecule has 0 saturated heterocycles. The van der Waals surface area contributed by atoms with Gasteiger partial charge in [0.2, 0.25) is 0 Å². The molecule has 0 aromatic carbocycles. The normalized spacial score (nSPS) is 11.2. The minimum absolute atomic E-state index is 0.197. The number of carbonyl (C=O) groups excluding carboxylic acids is 2. The zero-order chi connectivity index (χ0) is 25.9. The molecule has 1 aromatic heterocycles. The number of aromatic nitrogens is 1. The quantitative estimate of drug-likeness (QED) is 0.0929. The summed E-state index contributed by atoms with van der Waals surface area (Å²) in [5, 5.41) is 0. The summed E-state index contributed by atoms with van der Waals surface area (Å²) in [7, 11) is 3.47. The van der Waals surface area contributed by atoms with E-state index in [-0.39, 0.29) is 11.8 Å². The zero-order valence-electron chi connectivity index (χ0n) is 23.8. The number of carbonyl (C=O) groups is 2. The van der Waals surface area contributed by atoms with Gasteiger partial charge in [-0.05, 0) is 31.2 Å². The Labute approximate surface area is 216 Å². The SMILES string of the molecule is CCCCCCCCCCCCCCCCCC(=O)c1c(CC)c(CCC(=O)OC)n(C)c1CC. The number of nitrogens with zero attached hydrogens (tertiary/aromatic N) is 1. The average molecular weight is 490 g/mol. The average Bonchev–Trinajstić information content (AvgIpc) is 3.14. The molecule has 202 valence electrons. The second-order valence-electron chi connectivity index (χ2n) is 10.2. The van der Waals surface area contributed by atoms with Crippen molar-refractivity contribution in [3.63, 3.8) is 0 Å². The highest BCUT2D eigenvalue weighted by molar-refractivity contribution is 5.99. The first-order chi connectivity index (χ1) is 17.0. The lowest BCUT2D eigenvalue weighted by Gasteiger charge is -2.07. The first-order valence-corrected chi connectivity index (χ1v) is 14.8. The molecule has 0 atom stereocenters. The van der Waals surface area contributed by atoms with Gasteiger partial charge in [0.15, 0.2) is 5.78 Å². The third-order valence-corrected chi connectivity index (χ3v) is 7.52. The van der Waals surface area contributed by atoms with Gasteiger partial charge in [0.25, 0.3) is 0 Å². The molecule has 0 bridgehead atoms. The summed E-state index contributed by atoms with van der Waals surface area (Å²) < 4.78 is 6.97. The second-order valence-corrected chi connectivity index (χ2v) is 10.2. The molecule has 0 radical (unpaired) electrons. The lowest BCUT2D eigenvalue weighted by molar-refractivity contribution is -0.140. The summed E-state index contributed by atoms with van der Waals surface area (Å²) in [6, 6.07) is 0. The Bertz CT molecular complexity index is 719. The minimum atomic E-state index is -0.197. The van der Waals surface area contributed by atoms with Gasteiger partial charge >= 0.3 is 5.97 Å². The van der Waals surface area contributed by atoms with Crippen molar-refractivity contribution in [2.24, 2.45) is 7.05 Å². The molecular formula is C31H55NO3. The summed E-state index contributed by atoms with van der Waals surface area (Å²) >= 11 is 0. The van der Waals surface area contributed by atoms with Crippen LogP contribution in [0.4, 0.5) is 0 Å². The van der Waals surface area contributed by atoms with E-state index in [2.05, 4.69) is 25.3 Å². The van der Waals surface area contributed by atoms with Crippen LogP contribution < -0.4 is 0 Å². The monoisotopic (exact) mass is 489 g/mol. The highest BCUT2D eigenvalue weighted by atomic mass is 16.5. The number of ether oxygens (including phenoxy) is 1. The third-order valence-electron chi connectivity index (χ3n) is 7.52. The van der Waals surface area contributed by atoms with E-state index in [4.69, 9.17) is 4.74 Å². The van der Waals surface area contributed by atoms with Crippen LogP contribution >= 0.6 is 0 Å². The van der Waals surface area contributed by atoms with Crippen LogP contribution in [0.25, 0.3) is 0 Å². The van der Waals surface area contributed by atoms with Crippen LogP contribution in [0.2, 0.25) is 0 Å². The van der Waals surface area contributed by atoms with Gasteiger partial charge in [-0.1, -0.05) is 111 Å². The predicted octanol–water partition coefficient (Wildman–Crippen LogP) is 8.70. The fourth-order valence-corrected chi connectivity index (χ4v) is 5.40. The molecule has 0 aliphatic carbocycles. The molecular weight excluding hydrogens is 434 g/mol. The number of unbranched alkanes of at least 4 members (excludes halogenated alkanes) is 14. The van der Waals surface area contributed by atoms with Crippen molar-refractivity contribution in [1.82, 2.24) is 4.57 Å². The van der Waals surface area contributed by atoms with E-state index in [0.717, 1.165) is 48.2 Å². The van der Waals surface area contributed by atoms with Crippen LogP contribution in [0.15, 0.2) is 0 Å². The van der Waals surface area contributed by atoms with E-state index in [9.17, 15) is 9.59 Å². The zero-order valence-corrected chi connectivity index (χ0v) is 23.8. The topological polar surface area (TPSA) is 48.3 Å². The standard InChI is InChI=1S/C31H55NO3/c1-6-9-10-11-12-13-14-15-16-17-18-19-20-21-22-23-29(33)31-26(7-2)28(24-25-30(34)35-5)32(4)27(31)8-3/h6-25H2,1-5H3. The van der Waals surface area contributed by atoms with Crippen LogP contribution in [-0.2, 0) is 35.8 Å². The fourth-order valence-electron chi connectivity index (χ4n) is 5.40. The third kappa shape index (κ3) is 11.8. The lowest BCUT2D eigenvalue weighted by Crippen LogP contribution is -2.07. The van der Waals surface area contributed by atoms with Gasteiger partial charge in [-0.15, -0.1) is 0 Å². The minimum Gasteiger partial charge on any atom is -0.469 e. The van der Waals surface area contributed by atoms with Crippen LogP contribution in [0, 0.1) is 0 Å². The van der Waals surface area contributed by atoms with Crippen LogP contribution in [0.5, 0.6) is 0 Å². The second kappa shape index (κ2) is 19.6. The number of hydrogen-bond donors (Lipinski definition) is 0. The first kappa shape index (κ1) is 31.4. The summed E-state index contributed by atoms with van der Waals surface area (Å²) in [6.07, 6.45) is 23.3. The molecule has 35 heavy (non-hydrogen) atoms. The van der Waals surface area contributed by atoms with Crippen molar-refractivity contribution in [2.75, 3.05) is 7.11 Å². The van der Waals surface area contributed by atoms with E-state index in [1.807, 2.05) is 7.05 Å². The van der Waals surface area contributed by atoms with E-state index in [0.29, 0.717) is 19.3 Å². The molecule has 0 fully saturated rings. The summed E-state index contributed by atoms with van der Waals surface area (Å²) in [5.74, 6) is 0.0882. The van der Waals surface area contributed by atoms with Gasteiger partial charge in [0.05, 0.1) is 13.5 Å². The van der Waals surface area contributed by atoms with Crippen molar-refractivity contribution in [1.29, 1.82) is 0 Å². The molecule has 1 heterocycles. The molecule has 0 aliphatic rings. The molecule has 0 amide bonds. The molecule has 1 rings (SSSR count). The molecule has 4 heteroatoms. The molecule has 0 spiro atoms. The van der Waals surface area contributed by atoms with E-state index >= 15 is 0 Å². The van der Waals surface area contributed by atoms with Crippen LogP contribution in [0.3, 0.4) is 0 Å². The fraction of sp³-hybridized carbons (Fsp3) is 0.806. The van der Waals surface area contributed by atoms with Crippen LogP contribution in [0.1, 0.15) is 157 Å². The smallest absolute Gasteiger partial charge is 0.305 e. The molecule has 0 N–H and O–H groups in total. The lowest BCUT2D eigenvalue weighted by atomic mass is 9.96. The maximum absolute atomic E-state index is 13.2. The Balaban J connectivity index is 2.29. The Morgan fingerprint density at radius 1 is 0.657 bits per heavy atom. The van der Waals surface area contributed by atoms with Gasteiger partial charge in [0, 0.05) is 30.4 Å². The van der Waals surface area contributed by atoms with E-state index in [1.165, 1.54) is 90.6 Å². The number of rotatable bonds is 22. The number of Topliss-reactive ketones (excluding diaryl/α,β-unsaturated/α-hetero) is 1. The van der Waals surface area contributed by atoms with Crippen molar-refractivity contribution in [2.45, 2.75) is 149 Å². The first-order valence-electron chi connectivity index (χ1n) is 14.8. The van der Waals surface area contributed by atoms with Crippen LogP contribution in [-0.4, -0.2) is 23.4 Å². The molecule has 1 aromatic rings. The van der Waals surface area contributed by atoms with Gasteiger partial charge in [-0.25, -0.2) is 0 Å². The molecule has 0 saturated carbocycles.